The summed E-state index contributed by atoms with van der Waals surface area (Å²) >= 11 is 3.43. The lowest BCUT2D eigenvalue weighted by Crippen LogP contribution is -2.40. The Labute approximate surface area is 192 Å². The van der Waals surface area contributed by atoms with Crippen molar-refractivity contribution in [1.29, 1.82) is 0 Å². The molecule has 6 nitrogen and oxygen atoms in total. The van der Waals surface area contributed by atoms with E-state index in [0.717, 1.165) is 17.3 Å². The van der Waals surface area contributed by atoms with Gasteiger partial charge in [-0.05, 0) is 42.8 Å². The number of carbonyl (C=O) groups is 2. The van der Waals surface area contributed by atoms with Crippen molar-refractivity contribution >= 4 is 33.4 Å². The van der Waals surface area contributed by atoms with Crippen molar-refractivity contribution in [3.05, 3.63) is 58.1 Å². The average molecular weight is 489 g/mol. The van der Waals surface area contributed by atoms with E-state index in [1.54, 1.807) is 41.3 Å². The molecule has 0 aliphatic carbocycles. The largest absolute Gasteiger partial charge is 0.493 e. The monoisotopic (exact) mass is 488 g/mol. The minimum atomic E-state index is -0.277. The van der Waals surface area contributed by atoms with E-state index in [0.29, 0.717) is 55.5 Å². The first-order valence-corrected chi connectivity index (χ1v) is 11.6. The van der Waals surface area contributed by atoms with Crippen LogP contribution in [-0.4, -0.2) is 49.6 Å². The van der Waals surface area contributed by atoms with Crippen LogP contribution in [0.3, 0.4) is 0 Å². The standard InChI is InChI=1S/C24H29BrN2O4/c1-2-3-4-5-13-31-22-10-9-19(25)17-21(22)23(28)26-20-8-6-7-18(16-20)24(29)27-11-14-30-15-12-27/h6-10,16-17H,2-5,11-15H2,1H3,(H,26,28). The lowest BCUT2D eigenvalue weighted by atomic mass is 10.1. The van der Waals surface area contributed by atoms with Gasteiger partial charge in [0.2, 0.25) is 0 Å². The van der Waals surface area contributed by atoms with Crippen molar-refractivity contribution in [3.8, 4) is 5.75 Å². The highest BCUT2D eigenvalue weighted by molar-refractivity contribution is 9.10. The quantitative estimate of drug-likeness (QED) is 0.496. The summed E-state index contributed by atoms with van der Waals surface area (Å²) < 4.78 is 12.0. The number of rotatable bonds is 9. The first-order chi connectivity index (χ1) is 15.1. The van der Waals surface area contributed by atoms with Crippen LogP contribution in [0.15, 0.2) is 46.9 Å². The van der Waals surface area contributed by atoms with Gasteiger partial charge in [-0.25, -0.2) is 0 Å². The zero-order valence-corrected chi connectivity index (χ0v) is 19.4. The Hall–Kier alpha value is -2.38. The molecule has 1 aliphatic heterocycles. The molecule has 0 aromatic heterocycles. The lowest BCUT2D eigenvalue weighted by Gasteiger charge is -2.27. The molecule has 0 radical (unpaired) electrons. The summed E-state index contributed by atoms with van der Waals surface area (Å²) in [6.45, 7) is 4.99. The van der Waals surface area contributed by atoms with E-state index in [1.165, 1.54) is 12.8 Å². The third-order valence-corrected chi connectivity index (χ3v) is 5.60. The number of hydrogen-bond donors (Lipinski definition) is 1. The third kappa shape index (κ3) is 6.80. The van der Waals surface area contributed by atoms with Gasteiger partial charge in [0.15, 0.2) is 0 Å². The summed E-state index contributed by atoms with van der Waals surface area (Å²) in [5, 5.41) is 2.90. The van der Waals surface area contributed by atoms with Crippen molar-refractivity contribution < 1.29 is 19.1 Å². The second-order valence-corrected chi connectivity index (χ2v) is 8.40. The van der Waals surface area contributed by atoms with E-state index in [-0.39, 0.29) is 11.8 Å². The van der Waals surface area contributed by atoms with E-state index in [9.17, 15) is 9.59 Å². The molecule has 0 saturated carbocycles. The van der Waals surface area contributed by atoms with E-state index < -0.39 is 0 Å². The maximum Gasteiger partial charge on any atom is 0.259 e. The Balaban J connectivity index is 1.68. The number of anilines is 1. The van der Waals surface area contributed by atoms with Gasteiger partial charge in [-0.15, -0.1) is 0 Å². The van der Waals surface area contributed by atoms with Gasteiger partial charge in [0.1, 0.15) is 5.75 Å². The second kappa shape index (κ2) is 11.9. The summed E-state index contributed by atoms with van der Waals surface area (Å²) in [6, 6.07) is 12.4. The van der Waals surface area contributed by atoms with Gasteiger partial charge in [0.25, 0.3) is 11.8 Å². The molecular weight excluding hydrogens is 460 g/mol. The van der Waals surface area contributed by atoms with E-state index in [1.807, 2.05) is 6.07 Å². The summed E-state index contributed by atoms with van der Waals surface area (Å²) in [7, 11) is 0. The number of ether oxygens (including phenoxy) is 2. The minimum absolute atomic E-state index is 0.0574. The summed E-state index contributed by atoms with van der Waals surface area (Å²) in [5.41, 5.74) is 1.56. The van der Waals surface area contributed by atoms with Gasteiger partial charge >= 0.3 is 0 Å². The van der Waals surface area contributed by atoms with E-state index in [2.05, 4.69) is 28.2 Å². The van der Waals surface area contributed by atoms with Crippen LogP contribution in [-0.2, 0) is 4.74 Å². The molecule has 0 atom stereocenters. The molecule has 0 bridgehead atoms. The molecule has 2 amide bonds. The fraction of sp³-hybridized carbons (Fsp3) is 0.417. The van der Waals surface area contributed by atoms with Gasteiger partial charge in [0, 0.05) is 28.8 Å². The van der Waals surface area contributed by atoms with Crippen LogP contribution in [0.2, 0.25) is 0 Å². The molecule has 1 N–H and O–H groups in total. The van der Waals surface area contributed by atoms with Crippen LogP contribution in [0.25, 0.3) is 0 Å². The number of benzene rings is 2. The molecule has 31 heavy (non-hydrogen) atoms. The Morgan fingerprint density at radius 2 is 1.90 bits per heavy atom. The van der Waals surface area contributed by atoms with Gasteiger partial charge in [-0.1, -0.05) is 48.2 Å². The Kier molecular flexibility index (Phi) is 8.91. The Morgan fingerprint density at radius 1 is 1.10 bits per heavy atom. The van der Waals surface area contributed by atoms with Gasteiger partial charge < -0.3 is 19.7 Å². The van der Waals surface area contributed by atoms with Crippen molar-refractivity contribution in [2.75, 3.05) is 38.2 Å². The molecule has 1 saturated heterocycles. The number of nitrogens with zero attached hydrogens (tertiary/aromatic N) is 1. The average Bonchev–Trinajstić information content (AvgIpc) is 2.80. The molecule has 166 valence electrons. The van der Waals surface area contributed by atoms with Gasteiger partial charge in [-0.3, -0.25) is 9.59 Å². The number of unbranched alkanes of at least 4 members (excludes halogenated alkanes) is 3. The van der Waals surface area contributed by atoms with Crippen molar-refractivity contribution in [3.63, 3.8) is 0 Å². The molecule has 1 heterocycles. The maximum absolute atomic E-state index is 13.0. The normalized spacial score (nSPS) is 13.7. The number of amides is 2. The van der Waals surface area contributed by atoms with Crippen molar-refractivity contribution in [2.24, 2.45) is 0 Å². The van der Waals surface area contributed by atoms with E-state index in [4.69, 9.17) is 9.47 Å². The predicted molar refractivity (Wildman–Crippen MR) is 125 cm³/mol. The van der Waals surface area contributed by atoms with Crippen LogP contribution in [0.1, 0.15) is 53.3 Å². The number of morpholine rings is 1. The van der Waals surface area contributed by atoms with Gasteiger partial charge in [0.05, 0.1) is 25.4 Å². The van der Waals surface area contributed by atoms with Crippen molar-refractivity contribution in [1.82, 2.24) is 4.90 Å². The smallest absolute Gasteiger partial charge is 0.259 e. The number of halogens is 1. The number of hydrogen-bond acceptors (Lipinski definition) is 4. The highest BCUT2D eigenvalue weighted by Crippen LogP contribution is 2.25. The van der Waals surface area contributed by atoms with Crippen LogP contribution >= 0.6 is 15.9 Å². The third-order valence-electron chi connectivity index (χ3n) is 5.11. The molecule has 3 rings (SSSR count). The second-order valence-electron chi connectivity index (χ2n) is 7.49. The van der Waals surface area contributed by atoms with Crippen LogP contribution in [0.4, 0.5) is 5.69 Å². The fourth-order valence-corrected chi connectivity index (χ4v) is 3.75. The molecule has 0 spiro atoms. The Morgan fingerprint density at radius 3 is 2.68 bits per heavy atom. The fourth-order valence-electron chi connectivity index (χ4n) is 3.39. The molecule has 2 aromatic rings. The topological polar surface area (TPSA) is 67.9 Å². The highest BCUT2D eigenvalue weighted by atomic mass is 79.9. The summed E-state index contributed by atoms with van der Waals surface area (Å²) in [6.07, 6.45) is 4.41. The first kappa shape index (κ1) is 23.3. The minimum Gasteiger partial charge on any atom is -0.493 e. The number of carbonyl (C=O) groups excluding carboxylic acids is 2. The van der Waals surface area contributed by atoms with Gasteiger partial charge in [-0.2, -0.15) is 0 Å². The van der Waals surface area contributed by atoms with Crippen LogP contribution in [0.5, 0.6) is 5.75 Å². The summed E-state index contributed by atoms with van der Waals surface area (Å²) in [5.74, 6) is 0.219. The van der Waals surface area contributed by atoms with E-state index >= 15 is 0 Å². The molecule has 7 heteroatoms. The molecule has 1 aliphatic rings. The van der Waals surface area contributed by atoms with Crippen LogP contribution < -0.4 is 10.1 Å². The highest BCUT2D eigenvalue weighted by Gasteiger charge is 2.19. The number of nitrogens with one attached hydrogen (secondary N) is 1. The predicted octanol–water partition coefficient (Wildman–Crippen LogP) is 5.13. The molecular formula is C24H29BrN2O4. The SMILES string of the molecule is CCCCCCOc1ccc(Br)cc1C(=O)Nc1cccc(C(=O)N2CCOCC2)c1. The zero-order chi connectivity index (χ0) is 22.1. The summed E-state index contributed by atoms with van der Waals surface area (Å²) in [4.78, 5) is 27.5. The molecule has 2 aromatic carbocycles. The van der Waals surface area contributed by atoms with Crippen LogP contribution in [0, 0.1) is 0 Å². The Bertz CT molecular complexity index is 897. The van der Waals surface area contributed by atoms with Crippen molar-refractivity contribution in [2.45, 2.75) is 32.6 Å². The molecule has 1 fully saturated rings. The molecule has 0 unspecified atom stereocenters. The first-order valence-electron chi connectivity index (χ1n) is 10.8. The zero-order valence-electron chi connectivity index (χ0n) is 17.9. The lowest BCUT2D eigenvalue weighted by molar-refractivity contribution is 0.0303. The maximum atomic E-state index is 13.0.